The molecular weight excluding hydrogens is 272 g/mol. The molecule has 0 amide bonds. The summed E-state index contributed by atoms with van der Waals surface area (Å²) in [6.45, 7) is 3.97. The van der Waals surface area contributed by atoms with Gasteiger partial charge in [-0.3, -0.25) is 0 Å². The van der Waals surface area contributed by atoms with Crippen molar-refractivity contribution in [3.05, 3.63) is 35.9 Å². The first kappa shape index (κ1) is 17.5. The van der Waals surface area contributed by atoms with Crippen molar-refractivity contribution in [3.8, 4) is 0 Å². The van der Waals surface area contributed by atoms with Gasteiger partial charge in [-0.25, -0.2) is 0 Å². The summed E-state index contributed by atoms with van der Waals surface area (Å²) in [5, 5.41) is 0. The first-order chi connectivity index (χ1) is 10.9. The number of hydrogen-bond acceptors (Lipinski definition) is 2. The summed E-state index contributed by atoms with van der Waals surface area (Å²) in [6, 6.07) is 10.5. The third-order valence-electron chi connectivity index (χ3n) is 4.37. The molecule has 2 unspecified atom stereocenters. The molecule has 2 rings (SSSR count). The zero-order valence-corrected chi connectivity index (χ0v) is 14.1. The fourth-order valence-corrected chi connectivity index (χ4v) is 2.91. The second-order valence-corrected chi connectivity index (χ2v) is 6.40. The predicted octanol–water partition coefficient (Wildman–Crippen LogP) is 5.67. The van der Waals surface area contributed by atoms with Crippen LogP contribution in [0.1, 0.15) is 76.4 Å². The molecule has 1 aromatic carbocycles. The van der Waals surface area contributed by atoms with E-state index in [2.05, 4.69) is 37.3 Å². The summed E-state index contributed by atoms with van der Waals surface area (Å²) >= 11 is 0. The molecule has 1 saturated heterocycles. The van der Waals surface area contributed by atoms with Crippen LogP contribution in [0.2, 0.25) is 0 Å². The maximum Gasteiger partial charge on any atom is 0.111 e. The van der Waals surface area contributed by atoms with E-state index in [1.54, 1.807) is 0 Å². The second-order valence-electron chi connectivity index (χ2n) is 6.40. The van der Waals surface area contributed by atoms with Gasteiger partial charge in [-0.05, 0) is 12.0 Å². The lowest BCUT2D eigenvalue weighted by Gasteiger charge is -2.16. The minimum absolute atomic E-state index is 0.134. The Hall–Kier alpha value is -0.860. The van der Waals surface area contributed by atoms with Gasteiger partial charge in [-0.2, -0.15) is 0 Å². The smallest absolute Gasteiger partial charge is 0.111 e. The van der Waals surface area contributed by atoms with Gasteiger partial charge in [0.1, 0.15) is 12.2 Å². The molecule has 1 fully saturated rings. The van der Waals surface area contributed by atoms with E-state index in [0.717, 1.165) is 13.2 Å². The summed E-state index contributed by atoms with van der Waals surface area (Å²) in [4.78, 5) is 0. The van der Waals surface area contributed by atoms with Gasteiger partial charge in [0.15, 0.2) is 0 Å². The Morgan fingerprint density at radius 1 is 0.955 bits per heavy atom. The molecule has 0 aromatic heterocycles. The maximum absolute atomic E-state index is 6.09. The molecule has 2 atom stereocenters. The van der Waals surface area contributed by atoms with Gasteiger partial charge >= 0.3 is 0 Å². The number of benzene rings is 1. The Morgan fingerprint density at radius 3 is 2.14 bits per heavy atom. The van der Waals surface area contributed by atoms with Crippen LogP contribution in [0.5, 0.6) is 0 Å². The third-order valence-corrected chi connectivity index (χ3v) is 4.37. The molecule has 0 N–H and O–H groups in total. The molecule has 0 radical (unpaired) electrons. The Morgan fingerprint density at radius 2 is 1.55 bits per heavy atom. The molecule has 0 saturated carbocycles. The highest BCUT2D eigenvalue weighted by Crippen LogP contribution is 2.31. The quantitative estimate of drug-likeness (QED) is 0.346. The highest BCUT2D eigenvalue weighted by molar-refractivity contribution is 5.19. The van der Waals surface area contributed by atoms with Crippen molar-refractivity contribution < 1.29 is 9.47 Å². The number of rotatable bonds is 13. The third kappa shape index (κ3) is 6.93. The van der Waals surface area contributed by atoms with E-state index in [1.807, 2.05) is 0 Å². The van der Waals surface area contributed by atoms with E-state index in [4.69, 9.17) is 9.47 Å². The van der Waals surface area contributed by atoms with E-state index in [0.29, 0.717) is 0 Å². The topological polar surface area (TPSA) is 21.8 Å². The van der Waals surface area contributed by atoms with Crippen molar-refractivity contribution >= 4 is 0 Å². The van der Waals surface area contributed by atoms with Crippen LogP contribution >= 0.6 is 0 Å². The minimum atomic E-state index is 0.134. The lowest BCUT2D eigenvalue weighted by atomic mass is 10.1. The summed E-state index contributed by atoms with van der Waals surface area (Å²) in [5.41, 5.74) is 1.25. The van der Waals surface area contributed by atoms with Gasteiger partial charge in [0.25, 0.3) is 0 Å². The predicted molar refractivity (Wildman–Crippen MR) is 92.1 cm³/mol. The molecule has 1 aromatic rings. The van der Waals surface area contributed by atoms with E-state index in [9.17, 15) is 0 Å². The van der Waals surface area contributed by atoms with Crippen LogP contribution in [0.4, 0.5) is 0 Å². The van der Waals surface area contributed by atoms with Crippen molar-refractivity contribution in [1.82, 2.24) is 0 Å². The van der Waals surface area contributed by atoms with Crippen molar-refractivity contribution in [3.63, 3.8) is 0 Å². The average Bonchev–Trinajstić information content (AvgIpc) is 3.38. The molecule has 0 spiro atoms. The number of hydrogen-bond donors (Lipinski definition) is 0. The first-order valence-corrected chi connectivity index (χ1v) is 9.20. The van der Waals surface area contributed by atoms with E-state index >= 15 is 0 Å². The molecule has 22 heavy (non-hydrogen) atoms. The normalized spacial score (nSPS) is 18.3. The van der Waals surface area contributed by atoms with Crippen molar-refractivity contribution in [2.45, 2.75) is 76.9 Å². The largest absolute Gasteiger partial charge is 0.371 e. The van der Waals surface area contributed by atoms with Crippen molar-refractivity contribution in [2.24, 2.45) is 0 Å². The SMILES string of the molecule is CCCCCCCCCCCOC(c1ccccc1)C1CO1. The van der Waals surface area contributed by atoms with Crippen molar-refractivity contribution in [1.29, 1.82) is 0 Å². The summed E-state index contributed by atoms with van der Waals surface area (Å²) in [7, 11) is 0. The van der Waals surface area contributed by atoms with Crippen LogP contribution in [0.15, 0.2) is 30.3 Å². The van der Waals surface area contributed by atoms with E-state index in [1.165, 1.54) is 63.4 Å². The van der Waals surface area contributed by atoms with E-state index in [-0.39, 0.29) is 12.2 Å². The molecule has 124 valence electrons. The van der Waals surface area contributed by atoms with Gasteiger partial charge in [0.05, 0.1) is 6.61 Å². The molecule has 1 aliphatic heterocycles. The van der Waals surface area contributed by atoms with E-state index < -0.39 is 0 Å². The van der Waals surface area contributed by atoms with Crippen LogP contribution in [0.25, 0.3) is 0 Å². The Kier molecular flexibility index (Phi) is 8.59. The zero-order valence-electron chi connectivity index (χ0n) is 14.1. The number of epoxide rings is 1. The number of ether oxygens (including phenoxy) is 2. The molecule has 0 aliphatic carbocycles. The lowest BCUT2D eigenvalue weighted by Crippen LogP contribution is -2.11. The monoisotopic (exact) mass is 304 g/mol. The van der Waals surface area contributed by atoms with Crippen LogP contribution in [0, 0.1) is 0 Å². The second kappa shape index (κ2) is 10.8. The summed E-state index contributed by atoms with van der Waals surface area (Å²) in [5.74, 6) is 0. The molecule has 1 heterocycles. The molecule has 0 bridgehead atoms. The van der Waals surface area contributed by atoms with Gasteiger partial charge in [0.2, 0.25) is 0 Å². The van der Waals surface area contributed by atoms with Crippen LogP contribution in [-0.4, -0.2) is 19.3 Å². The Labute approximate surface area is 136 Å². The maximum atomic E-state index is 6.09. The Balaban J connectivity index is 1.50. The highest BCUT2D eigenvalue weighted by atomic mass is 16.6. The highest BCUT2D eigenvalue weighted by Gasteiger charge is 2.34. The number of unbranched alkanes of at least 4 members (excludes halogenated alkanes) is 8. The molecule has 2 heteroatoms. The zero-order chi connectivity index (χ0) is 15.5. The van der Waals surface area contributed by atoms with Crippen LogP contribution < -0.4 is 0 Å². The van der Waals surface area contributed by atoms with Gasteiger partial charge in [0, 0.05) is 6.61 Å². The van der Waals surface area contributed by atoms with Gasteiger partial charge in [-0.15, -0.1) is 0 Å². The minimum Gasteiger partial charge on any atom is -0.371 e. The van der Waals surface area contributed by atoms with Crippen LogP contribution in [0.3, 0.4) is 0 Å². The molecule has 1 aliphatic rings. The lowest BCUT2D eigenvalue weighted by molar-refractivity contribution is 0.0299. The van der Waals surface area contributed by atoms with Gasteiger partial charge in [-0.1, -0.05) is 88.6 Å². The Bertz CT molecular complexity index is 373. The first-order valence-electron chi connectivity index (χ1n) is 9.20. The fraction of sp³-hybridized carbons (Fsp3) is 0.700. The average molecular weight is 304 g/mol. The fourth-order valence-electron chi connectivity index (χ4n) is 2.91. The molecular formula is C20H32O2. The van der Waals surface area contributed by atoms with Gasteiger partial charge < -0.3 is 9.47 Å². The van der Waals surface area contributed by atoms with Crippen molar-refractivity contribution in [2.75, 3.05) is 13.2 Å². The summed E-state index contributed by atoms with van der Waals surface area (Å²) < 4.78 is 11.5. The standard InChI is InChI=1S/C20H32O2/c1-2-3-4-5-6-7-8-9-13-16-21-20(19-17-22-19)18-14-11-10-12-15-18/h10-12,14-15,19-20H,2-9,13,16-17H2,1H3. The summed E-state index contributed by atoms with van der Waals surface area (Å²) in [6.07, 6.45) is 12.6. The van der Waals surface area contributed by atoms with Crippen LogP contribution in [-0.2, 0) is 9.47 Å². The molecule has 2 nitrogen and oxygen atoms in total.